The highest BCUT2D eigenvalue weighted by molar-refractivity contribution is 5.85. The molecule has 1 aromatic carbocycles. The second-order valence-corrected chi connectivity index (χ2v) is 5.22. The van der Waals surface area contributed by atoms with Gasteiger partial charge in [0.1, 0.15) is 24.1 Å². The molecule has 1 aromatic rings. The summed E-state index contributed by atoms with van der Waals surface area (Å²) in [6, 6.07) is 3.56. The number of aliphatic hydroxyl groups is 1. The van der Waals surface area contributed by atoms with Crippen molar-refractivity contribution in [3.05, 3.63) is 23.8 Å². The molecule has 0 aromatic heterocycles. The van der Waals surface area contributed by atoms with E-state index in [9.17, 15) is 13.9 Å². The number of rotatable bonds is 6. The van der Waals surface area contributed by atoms with Gasteiger partial charge in [-0.05, 0) is 18.2 Å². The summed E-state index contributed by atoms with van der Waals surface area (Å²) in [5.74, 6) is -2.45. The van der Waals surface area contributed by atoms with Crippen molar-refractivity contribution in [2.45, 2.75) is 12.0 Å². The quantitative estimate of drug-likeness (QED) is 0.816. The smallest absolute Gasteiger partial charge is 0.290 e. The van der Waals surface area contributed by atoms with Crippen molar-refractivity contribution >= 4 is 12.4 Å². The summed E-state index contributed by atoms with van der Waals surface area (Å²) in [5, 5.41) is 12.3. The summed E-state index contributed by atoms with van der Waals surface area (Å²) in [6.07, 6.45) is 0. The van der Waals surface area contributed by atoms with Gasteiger partial charge in [0.25, 0.3) is 5.92 Å². The monoisotopic (exact) mass is 352 g/mol. The number of nitrogens with zero attached hydrogens (tertiary/aromatic N) is 1. The Labute approximate surface area is 141 Å². The largest absolute Gasteiger partial charge is 0.497 e. The lowest BCUT2D eigenvalue weighted by atomic mass is 9.97. The normalized spacial score (nSPS) is 17.3. The molecule has 0 spiro atoms. The van der Waals surface area contributed by atoms with Crippen LogP contribution >= 0.6 is 12.4 Å². The van der Waals surface area contributed by atoms with Crippen molar-refractivity contribution in [2.75, 3.05) is 47.0 Å². The molecule has 2 N–H and O–H groups in total. The molecule has 1 fully saturated rings. The van der Waals surface area contributed by atoms with Crippen molar-refractivity contribution in [1.82, 2.24) is 10.2 Å². The maximum atomic E-state index is 14.4. The molecule has 8 heteroatoms. The van der Waals surface area contributed by atoms with E-state index in [1.807, 2.05) is 0 Å². The summed E-state index contributed by atoms with van der Waals surface area (Å²) in [7, 11) is 2.92. The van der Waals surface area contributed by atoms with Crippen molar-refractivity contribution in [1.29, 1.82) is 0 Å². The van der Waals surface area contributed by atoms with Gasteiger partial charge in [0.15, 0.2) is 0 Å². The van der Waals surface area contributed by atoms with Crippen LogP contribution in [-0.4, -0.2) is 62.9 Å². The lowest BCUT2D eigenvalue weighted by Gasteiger charge is -2.39. The first-order valence-corrected chi connectivity index (χ1v) is 7.19. The van der Waals surface area contributed by atoms with Gasteiger partial charge in [-0.1, -0.05) is 0 Å². The van der Waals surface area contributed by atoms with Gasteiger partial charge in [-0.3, -0.25) is 4.90 Å². The van der Waals surface area contributed by atoms with E-state index in [0.29, 0.717) is 43.2 Å². The highest BCUT2D eigenvalue weighted by Gasteiger charge is 2.45. The fraction of sp³-hybridized carbons (Fsp3) is 0.600. The zero-order valence-corrected chi connectivity index (χ0v) is 14.0. The summed E-state index contributed by atoms with van der Waals surface area (Å²) < 4.78 is 39.2. The zero-order valence-electron chi connectivity index (χ0n) is 13.2. The van der Waals surface area contributed by atoms with Gasteiger partial charge in [-0.25, -0.2) is 8.78 Å². The first-order chi connectivity index (χ1) is 10.5. The van der Waals surface area contributed by atoms with Crippen LogP contribution in [0.4, 0.5) is 8.78 Å². The van der Waals surface area contributed by atoms with Gasteiger partial charge in [0, 0.05) is 31.7 Å². The predicted molar refractivity (Wildman–Crippen MR) is 86.0 cm³/mol. The molecular weight excluding hydrogens is 330 g/mol. The van der Waals surface area contributed by atoms with E-state index in [-0.39, 0.29) is 12.4 Å². The van der Waals surface area contributed by atoms with Gasteiger partial charge in [-0.2, -0.15) is 0 Å². The Bertz CT molecular complexity index is 500. The number of benzene rings is 1. The molecule has 0 aliphatic carbocycles. The van der Waals surface area contributed by atoms with Crippen LogP contribution in [0.25, 0.3) is 0 Å². The third-order valence-electron chi connectivity index (χ3n) is 3.86. The number of hydrogen-bond acceptors (Lipinski definition) is 5. The molecule has 0 bridgehead atoms. The molecule has 23 heavy (non-hydrogen) atoms. The van der Waals surface area contributed by atoms with E-state index in [2.05, 4.69) is 5.32 Å². The Hall–Kier alpha value is -1.15. The summed E-state index contributed by atoms with van der Waals surface area (Å²) in [4.78, 5) is 1.67. The third kappa shape index (κ3) is 4.44. The molecule has 1 aliphatic heterocycles. The number of alkyl halides is 2. The molecule has 1 heterocycles. The van der Waals surface area contributed by atoms with E-state index >= 15 is 0 Å². The van der Waals surface area contributed by atoms with Crippen LogP contribution < -0.4 is 14.8 Å². The molecule has 0 radical (unpaired) electrons. The lowest BCUT2D eigenvalue weighted by Crippen LogP contribution is -2.51. The molecule has 5 nitrogen and oxygen atoms in total. The topological polar surface area (TPSA) is 54.0 Å². The fourth-order valence-corrected chi connectivity index (χ4v) is 2.77. The summed E-state index contributed by atoms with van der Waals surface area (Å²) >= 11 is 0. The van der Waals surface area contributed by atoms with Gasteiger partial charge >= 0.3 is 0 Å². The van der Waals surface area contributed by atoms with Crippen LogP contribution in [0.3, 0.4) is 0 Å². The molecule has 2 rings (SSSR count). The number of aliphatic hydroxyl groups excluding tert-OH is 1. The third-order valence-corrected chi connectivity index (χ3v) is 3.86. The van der Waals surface area contributed by atoms with Gasteiger partial charge in [0.05, 0.1) is 14.2 Å². The molecular formula is C15H23ClF2N2O3. The lowest BCUT2D eigenvalue weighted by molar-refractivity contribution is -0.119. The van der Waals surface area contributed by atoms with Gasteiger partial charge < -0.3 is 19.9 Å². The van der Waals surface area contributed by atoms with E-state index in [1.54, 1.807) is 23.1 Å². The van der Waals surface area contributed by atoms with Crippen molar-refractivity contribution < 1.29 is 23.4 Å². The second-order valence-electron chi connectivity index (χ2n) is 5.22. The maximum absolute atomic E-state index is 14.4. The van der Waals surface area contributed by atoms with E-state index in [1.165, 1.54) is 14.2 Å². The molecule has 1 atom stereocenters. The minimum absolute atomic E-state index is 0. The standard InChI is InChI=1S/C15H22F2N2O3.ClH/c1-21-11-3-4-13(22-2)12(9-11)14(15(16,17)10-20)19-7-5-18-6-8-19;/h3-4,9,14,18,20H,5-8,10H2,1-2H3;1H/t14-;/m1./s1. The SMILES string of the molecule is COc1ccc(OC)c([C@@H](N2CCNCC2)C(F)(F)CO)c1.Cl. The van der Waals surface area contributed by atoms with Crippen LogP contribution in [0, 0.1) is 0 Å². The number of methoxy groups -OCH3 is 2. The molecule has 0 unspecified atom stereocenters. The highest BCUT2D eigenvalue weighted by atomic mass is 35.5. The van der Waals surface area contributed by atoms with E-state index in [4.69, 9.17) is 9.47 Å². The Morgan fingerprint density at radius 3 is 2.43 bits per heavy atom. The number of ether oxygens (including phenoxy) is 2. The van der Waals surface area contributed by atoms with Crippen LogP contribution in [0.5, 0.6) is 11.5 Å². The fourth-order valence-electron chi connectivity index (χ4n) is 2.77. The summed E-state index contributed by atoms with van der Waals surface area (Å²) in [6.45, 7) is 0.984. The van der Waals surface area contributed by atoms with Gasteiger partial charge in [0.2, 0.25) is 0 Å². The Morgan fingerprint density at radius 1 is 1.26 bits per heavy atom. The average Bonchev–Trinajstić information content (AvgIpc) is 2.55. The van der Waals surface area contributed by atoms with Crippen LogP contribution in [-0.2, 0) is 0 Å². The minimum Gasteiger partial charge on any atom is -0.497 e. The number of piperazine rings is 1. The molecule has 1 aliphatic rings. The molecule has 0 saturated carbocycles. The Kier molecular flexibility index (Phi) is 7.47. The van der Waals surface area contributed by atoms with Crippen molar-refractivity contribution in [2.24, 2.45) is 0 Å². The predicted octanol–water partition coefficient (Wildman–Crippen LogP) is 1.70. The van der Waals surface area contributed by atoms with Crippen molar-refractivity contribution in [3.63, 3.8) is 0 Å². The number of hydrogen-bond donors (Lipinski definition) is 2. The maximum Gasteiger partial charge on any atom is 0.290 e. The zero-order chi connectivity index (χ0) is 16.2. The number of nitrogens with one attached hydrogen (secondary N) is 1. The Morgan fingerprint density at radius 2 is 1.91 bits per heavy atom. The van der Waals surface area contributed by atoms with E-state index < -0.39 is 18.6 Å². The molecule has 132 valence electrons. The van der Waals surface area contributed by atoms with Crippen LogP contribution in [0.1, 0.15) is 11.6 Å². The molecule has 1 saturated heterocycles. The summed E-state index contributed by atoms with van der Waals surface area (Å²) in [5.41, 5.74) is 0.322. The average molecular weight is 353 g/mol. The Balaban J connectivity index is 0.00000264. The van der Waals surface area contributed by atoms with E-state index in [0.717, 1.165) is 0 Å². The first kappa shape index (κ1) is 19.9. The van der Waals surface area contributed by atoms with Gasteiger partial charge in [-0.15, -0.1) is 12.4 Å². The molecule has 0 amide bonds. The highest BCUT2D eigenvalue weighted by Crippen LogP contribution is 2.41. The van der Waals surface area contributed by atoms with Crippen LogP contribution in [0.2, 0.25) is 0 Å². The number of halogens is 3. The first-order valence-electron chi connectivity index (χ1n) is 7.19. The van der Waals surface area contributed by atoms with Crippen molar-refractivity contribution in [3.8, 4) is 11.5 Å². The van der Waals surface area contributed by atoms with Crippen LogP contribution in [0.15, 0.2) is 18.2 Å². The minimum atomic E-state index is -3.28. The second kappa shape index (κ2) is 8.63.